The quantitative estimate of drug-likeness (QED) is 0.875. The van der Waals surface area contributed by atoms with Crippen molar-refractivity contribution in [1.82, 2.24) is 10.2 Å². The fourth-order valence-electron chi connectivity index (χ4n) is 2.85. The van der Waals surface area contributed by atoms with Crippen LogP contribution in [0.2, 0.25) is 0 Å². The minimum atomic E-state index is 0.131. The molecule has 1 aliphatic heterocycles. The molecule has 0 saturated carbocycles. The summed E-state index contributed by atoms with van der Waals surface area (Å²) in [6, 6.07) is 2.21. The third kappa shape index (κ3) is 5.13. The molecule has 1 saturated heterocycles. The fourth-order valence-corrected chi connectivity index (χ4v) is 2.85. The highest BCUT2D eigenvalue weighted by molar-refractivity contribution is 5.21. The van der Waals surface area contributed by atoms with E-state index in [2.05, 4.69) is 44.0 Å². The molecule has 1 unspecified atom stereocenters. The van der Waals surface area contributed by atoms with Gasteiger partial charge in [0.1, 0.15) is 11.5 Å². The average Bonchev–Trinajstić information content (AvgIpc) is 2.94. The van der Waals surface area contributed by atoms with Gasteiger partial charge in [-0.05, 0) is 52.6 Å². The summed E-state index contributed by atoms with van der Waals surface area (Å²) in [6.07, 6.45) is 1.23. The molecule has 0 amide bonds. The van der Waals surface area contributed by atoms with Crippen molar-refractivity contribution in [2.45, 2.75) is 52.7 Å². The van der Waals surface area contributed by atoms with Crippen molar-refractivity contribution in [1.29, 1.82) is 0 Å². The molecule has 1 fully saturated rings. The van der Waals surface area contributed by atoms with Crippen molar-refractivity contribution in [3.63, 3.8) is 0 Å². The smallest absolute Gasteiger partial charge is 0.118 e. The summed E-state index contributed by atoms with van der Waals surface area (Å²) in [7, 11) is 1.78. The molecule has 1 atom stereocenters. The second kappa shape index (κ2) is 6.95. The molecule has 1 aromatic heterocycles. The van der Waals surface area contributed by atoms with Gasteiger partial charge < -0.3 is 14.5 Å². The van der Waals surface area contributed by atoms with E-state index in [9.17, 15) is 0 Å². The largest absolute Gasteiger partial charge is 0.465 e. The van der Waals surface area contributed by atoms with Crippen LogP contribution < -0.4 is 5.32 Å². The molecule has 4 nitrogen and oxygen atoms in total. The Labute approximate surface area is 128 Å². The fraction of sp³-hybridized carbons (Fsp3) is 0.765. The molecule has 0 aromatic carbocycles. The molecule has 120 valence electrons. The number of hydrogen-bond donors (Lipinski definition) is 1. The van der Waals surface area contributed by atoms with Crippen molar-refractivity contribution in [3.05, 3.63) is 23.2 Å². The van der Waals surface area contributed by atoms with Crippen molar-refractivity contribution in [2.75, 3.05) is 26.8 Å². The maximum Gasteiger partial charge on any atom is 0.118 e. The van der Waals surface area contributed by atoms with Gasteiger partial charge in [-0.3, -0.25) is 4.90 Å². The second-order valence-electron chi connectivity index (χ2n) is 7.24. The maximum atomic E-state index is 5.92. The Morgan fingerprint density at radius 3 is 2.86 bits per heavy atom. The molecule has 1 aromatic rings. The summed E-state index contributed by atoms with van der Waals surface area (Å²) >= 11 is 0. The molecular formula is C17H30N2O2. The normalized spacial score (nSPS) is 20.3. The van der Waals surface area contributed by atoms with Crippen molar-refractivity contribution >= 4 is 0 Å². The molecule has 0 radical (unpaired) electrons. The van der Waals surface area contributed by atoms with Gasteiger partial charge in [0.25, 0.3) is 0 Å². The van der Waals surface area contributed by atoms with Gasteiger partial charge in [0.2, 0.25) is 0 Å². The summed E-state index contributed by atoms with van der Waals surface area (Å²) < 4.78 is 11.2. The number of ether oxygens (including phenoxy) is 1. The molecule has 0 spiro atoms. The van der Waals surface area contributed by atoms with Crippen molar-refractivity contribution < 1.29 is 9.15 Å². The third-order valence-electron chi connectivity index (χ3n) is 4.03. The average molecular weight is 294 g/mol. The molecule has 2 rings (SSSR count). The highest BCUT2D eigenvalue weighted by Gasteiger charge is 2.23. The van der Waals surface area contributed by atoms with Crippen LogP contribution in [0.5, 0.6) is 0 Å². The van der Waals surface area contributed by atoms with Crippen molar-refractivity contribution in [3.8, 4) is 0 Å². The lowest BCUT2D eigenvalue weighted by Crippen LogP contribution is -2.35. The van der Waals surface area contributed by atoms with E-state index in [0.717, 1.165) is 44.3 Å². The summed E-state index contributed by atoms with van der Waals surface area (Å²) in [5.74, 6) is 2.79. The lowest BCUT2D eigenvalue weighted by molar-refractivity contribution is 0.151. The molecule has 0 aliphatic carbocycles. The van der Waals surface area contributed by atoms with Gasteiger partial charge in [-0.1, -0.05) is 0 Å². The molecule has 1 N–H and O–H groups in total. The van der Waals surface area contributed by atoms with Gasteiger partial charge in [-0.2, -0.15) is 0 Å². The zero-order valence-electron chi connectivity index (χ0n) is 14.2. The lowest BCUT2D eigenvalue weighted by atomic mass is 10.1. The Bertz CT molecular complexity index is 448. The molecule has 21 heavy (non-hydrogen) atoms. The highest BCUT2D eigenvalue weighted by atomic mass is 16.5. The summed E-state index contributed by atoms with van der Waals surface area (Å²) in [5.41, 5.74) is 1.40. The monoisotopic (exact) mass is 294 g/mol. The van der Waals surface area contributed by atoms with E-state index in [4.69, 9.17) is 9.15 Å². The number of aryl methyl sites for hydroxylation is 1. The third-order valence-corrected chi connectivity index (χ3v) is 4.03. The molecular weight excluding hydrogens is 264 g/mol. The first-order valence-electron chi connectivity index (χ1n) is 7.92. The SMILES string of the molecule is COCC1CCN(Cc2cc(CNC(C)(C)C)c(C)o2)C1. The number of nitrogens with zero attached hydrogens (tertiary/aromatic N) is 1. The molecule has 1 aliphatic rings. The summed E-state index contributed by atoms with van der Waals surface area (Å²) in [5, 5.41) is 3.52. The molecule has 2 heterocycles. The number of hydrogen-bond acceptors (Lipinski definition) is 4. The van der Waals surface area contributed by atoms with E-state index < -0.39 is 0 Å². The van der Waals surface area contributed by atoms with Crippen LogP contribution in [0.4, 0.5) is 0 Å². The van der Waals surface area contributed by atoms with E-state index in [1.54, 1.807) is 7.11 Å². The van der Waals surface area contributed by atoms with E-state index in [1.165, 1.54) is 12.0 Å². The first kappa shape index (κ1) is 16.5. The Morgan fingerprint density at radius 1 is 1.43 bits per heavy atom. The van der Waals surface area contributed by atoms with E-state index in [0.29, 0.717) is 5.92 Å². The zero-order chi connectivity index (χ0) is 15.5. The Hall–Kier alpha value is -0.840. The zero-order valence-corrected chi connectivity index (χ0v) is 14.2. The van der Waals surface area contributed by atoms with Crippen LogP contribution in [0.1, 0.15) is 44.3 Å². The van der Waals surface area contributed by atoms with Crippen LogP contribution in [0.3, 0.4) is 0 Å². The van der Waals surface area contributed by atoms with E-state index >= 15 is 0 Å². The van der Waals surface area contributed by atoms with Crippen molar-refractivity contribution in [2.24, 2.45) is 5.92 Å². The number of methoxy groups -OCH3 is 1. The molecule has 0 bridgehead atoms. The number of furan rings is 1. The maximum absolute atomic E-state index is 5.92. The van der Waals surface area contributed by atoms with Crippen LogP contribution in [0.25, 0.3) is 0 Å². The number of rotatable bonds is 6. The van der Waals surface area contributed by atoms with Gasteiger partial charge in [0.15, 0.2) is 0 Å². The summed E-state index contributed by atoms with van der Waals surface area (Å²) in [4.78, 5) is 2.46. The summed E-state index contributed by atoms with van der Waals surface area (Å²) in [6.45, 7) is 13.5. The first-order chi connectivity index (χ1) is 9.87. The van der Waals surface area contributed by atoms with Gasteiger partial charge >= 0.3 is 0 Å². The van der Waals surface area contributed by atoms with Crippen LogP contribution in [-0.4, -0.2) is 37.2 Å². The molecule has 4 heteroatoms. The standard InChI is InChI=1S/C17H30N2O2/c1-13-15(9-18-17(2,3)4)8-16(21-13)11-19-7-6-14(10-19)12-20-5/h8,14,18H,6-7,9-12H2,1-5H3. The van der Waals surface area contributed by atoms with E-state index in [1.807, 2.05) is 0 Å². The predicted octanol–water partition coefficient (Wildman–Crippen LogP) is 2.94. The van der Waals surface area contributed by atoms with E-state index in [-0.39, 0.29) is 5.54 Å². The second-order valence-corrected chi connectivity index (χ2v) is 7.24. The first-order valence-corrected chi connectivity index (χ1v) is 7.92. The topological polar surface area (TPSA) is 37.6 Å². The predicted molar refractivity (Wildman–Crippen MR) is 85.3 cm³/mol. The minimum absolute atomic E-state index is 0.131. The lowest BCUT2D eigenvalue weighted by Gasteiger charge is -2.20. The van der Waals surface area contributed by atoms with Gasteiger partial charge in [-0.25, -0.2) is 0 Å². The van der Waals surface area contributed by atoms with Crippen LogP contribution >= 0.6 is 0 Å². The number of likely N-dealkylation sites (tertiary alicyclic amines) is 1. The van der Waals surface area contributed by atoms with Gasteiger partial charge in [0.05, 0.1) is 13.2 Å². The van der Waals surface area contributed by atoms with Crippen LogP contribution in [-0.2, 0) is 17.8 Å². The van der Waals surface area contributed by atoms with Crippen LogP contribution in [0, 0.1) is 12.8 Å². The Balaban J connectivity index is 1.87. The highest BCUT2D eigenvalue weighted by Crippen LogP contribution is 2.22. The Kier molecular flexibility index (Phi) is 5.47. The van der Waals surface area contributed by atoms with Crippen LogP contribution in [0.15, 0.2) is 10.5 Å². The van der Waals surface area contributed by atoms with Gasteiger partial charge in [0, 0.05) is 31.3 Å². The Morgan fingerprint density at radius 2 is 2.19 bits per heavy atom. The minimum Gasteiger partial charge on any atom is -0.465 e. The van der Waals surface area contributed by atoms with Gasteiger partial charge in [-0.15, -0.1) is 0 Å². The number of nitrogens with one attached hydrogen (secondary N) is 1.